The third-order valence-corrected chi connectivity index (χ3v) is 1.83. The van der Waals surface area contributed by atoms with Gasteiger partial charge in [-0.05, 0) is 19.8 Å². The molecule has 0 aromatic rings. The molecule has 0 aromatic heterocycles. The summed E-state index contributed by atoms with van der Waals surface area (Å²) in [5, 5.41) is 9.23. The van der Waals surface area contributed by atoms with Gasteiger partial charge < -0.3 is 9.84 Å². The van der Waals surface area contributed by atoms with Gasteiger partial charge in [0.25, 0.3) is 0 Å². The Morgan fingerprint density at radius 3 is 2.44 bits per heavy atom. The Balaban J connectivity index is 3.69. The van der Waals surface area contributed by atoms with Crippen LogP contribution in [-0.2, 0) is 4.74 Å². The van der Waals surface area contributed by atoms with Gasteiger partial charge in [0.15, 0.2) is 0 Å². The van der Waals surface area contributed by atoms with Crippen LogP contribution in [0, 0.1) is 0 Å². The molecule has 0 fully saturated rings. The Kier molecular flexibility index (Phi) is 6.59. The van der Waals surface area contributed by atoms with E-state index in [9.17, 15) is 22.7 Å². The minimum atomic E-state index is -4.16. The summed E-state index contributed by atoms with van der Waals surface area (Å²) in [6, 6.07) is 0. The summed E-state index contributed by atoms with van der Waals surface area (Å²) in [6.07, 6.45) is -3.84. The lowest BCUT2D eigenvalue weighted by Gasteiger charge is -2.17. The van der Waals surface area contributed by atoms with E-state index in [1.54, 1.807) is 6.92 Å². The van der Waals surface area contributed by atoms with Crippen LogP contribution in [0.3, 0.4) is 0 Å². The summed E-state index contributed by atoms with van der Waals surface area (Å²) in [7, 11) is 0. The van der Waals surface area contributed by atoms with Crippen LogP contribution in [0.1, 0.15) is 19.8 Å². The van der Waals surface area contributed by atoms with Crippen molar-refractivity contribution in [3.63, 3.8) is 0 Å². The maximum atomic E-state index is 12.3. The quantitative estimate of drug-likeness (QED) is 0.525. The molecule has 2 nitrogen and oxygen atoms in total. The number of aliphatic hydroxyl groups excluding tert-OH is 1. The minimum absolute atomic E-state index is 0.315. The topological polar surface area (TPSA) is 29.5 Å². The van der Waals surface area contributed by atoms with E-state index in [1.807, 2.05) is 0 Å². The van der Waals surface area contributed by atoms with E-state index in [-0.39, 0.29) is 6.61 Å². The first-order chi connectivity index (χ1) is 7.25. The van der Waals surface area contributed by atoms with Crippen molar-refractivity contribution in [2.75, 3.05) is 13.2 Å². The lowest BCUT2D eigenvalue weighted by molar-refractivity contribution is -0.170. The summed E-state index contributed by atoms with van der Waals surface area (Å²) in [4.78, 5) is 0. The molecule has 1 unspecified atom stereocenters. The van der Waals surface area contributed by atoms with Crippen molar-refractivity contribution in [3.05, 3.63) is 12.2 Å². The van der Waals surface area contributed by atoms with Crippen molar-refractivity contribution in [2.45, 2.75) is 38.2 Å². The maximum Gasteiger partial charge on any atom is 0.330 e. The molecule has 0 aliphatic carbocycles. The van der Waals surface area contributed by atoms with Crippen molar-refractivity contribution in [3.8, 4) is 0 Å². The molecule has 0 aliphatic rings. The molecule has 0 rings (SSSR count). The van der Waals surface area contributed by atoms with Crippen molar-refractivity contribution in [1.82, 2.24) is 0 Å². The molecule has 0 aromatic carbocycles. The van der Waals surface area contributed by atoms with Gasteiger partial charge in [-0.3, -0.25) is 0 Å². The standard InChI is InChI=1S/C10H16F4O2/c1-7(2)3-4-8(15)5-16-6-10(13,14)9(11)12/h8-9,15H,1,3-6H2,2H3. The number of allylic oxidation sites excluding steroid dienone is 1. The van der Waals surface area contributed by atoms with Gasteiger partial charge in [-0.1, -0.05) is 5.57 Å². The molecule has 0 aliphatic heterocycles. The van der Waals surface area contributed by atoms with Gasteiger partial charge in [-0.25, -0.2) is 8.78 Å². The number of rotatable bonds is 8. The first kappa shape index (κ1) is 15.4. The predicted octanol–water partition coefficient (Wildman–Crippen LogP) is 2.62. The van der Waals surface area contributed by atoms with Crippen LogP contribution in [-0.4, -0.2) is 36.8 Å². The average Bonchev–Trinajstić information content (AvgIpc) is 2.14. The molecular formula is C10H16F4O2. The molecule has 1 N–H and O–H groups in total. The molecule has 0 saturated heterocycles. The van der Waals surface area contributed by atoms with Gasteiger partial charge in [-0.15, -0.1) is 6.58 Å². The second-order valence-corrected chi connectivity index (χ2v) is 3.73. The van der Waals surface area contributed by atoms with Crippen LogP contribution < -0.4 is 0 Å². The van der Waals surface area contributed by atoms with Crippen LogP contribution in [0.5, 0.6) is 0 Å². The van der Waals surface area contributed by atoms with Crippen LogP contribution in [0.2, 0.25) is 0 Å². The van der Waals surface area contributed by atoms with E-state index < -0.39 is 25.1 Å². The zero-order valence-corrected chi connectivity index (χ0v) is 9.06. The van der Waals surface area contributed by atoms with E-state index in [4.69, 9.17) is 0 Å². The third-order valence-electron chi connectivity index (χ3n) is 1.83. The van der Waals surface area contributed by atoms with Gasteiger partial charge in [-0.2, -0.15) is 8.78 Å². The number of alkyl halides is 4. The molecule has 96 valence electrons. The Bertz CT molecular complexity index is 219. The first-order valence-corrected chi connectivity index (χ1v) is 4.82. The fraction of sp³-hybridized carbons (Fsp3) is 0.800. The lowest BCUT2D eigenvalue weighted by atomic mass is 10.1. The molecule has 0 spiro atoms. The van der Waals surface area contributed by atoms with E-state index in [2.05, 4.69) is 11.3 Å². The number of halogens is 4. The van der Waals surface area contributed by atoms with Crippen LogP contribution in [0.15, 0.2) is 12.2 Å². The van der Waals surface area contributed by atoms with Crippen LogP contribution >= 0.6 is 0 Å². The van der Waals surface area contributed by atoms with E-state index in [0.29, 0.717) is 12.8 Å². The normalized spacial score (nSPS) is 14.2. The lowest BCUT2D eigenvalue weighted by Crippen LogP contribution is -2.33. The second kappa shape index (κ2) is 6.85. The first-order valence-electron chi connectivity index (χ1n) is 4.82. The number of ether oxygens (including phenoxy) is 1. The average molecular weight is 244 g/mol. The summed E-state index contributed by atoms with van der Waals surface area (Å²) in [5.74, 6) is -4.16. The largest absolute Gasteiger partial charge is 0.391 e. The van der Waals surface area contributed by atoms with Crippen molar-refractivity contribution >= 4 is 0 Å². The molecule has 0 amide bonds. The molecular weight excluding hydrogens is 228 g/mol. The van der Waals surface area contributed by atoms with Gasteiger partial charge >= 0.3 is 12.3 Å². The Labute approximate surface area is 91.9 Å². The molecule has 0 radical (unpaired) electrons. The fourth-order valence-corrected chi connectivity index (χ4v) is 0.890. The Morgan fingerprint density at radius 1 is 1.44 bits per heavy atom. The van der Waals surface area contributed by atoms with E-state index >= 15 is 0 Å². The van der Waals surface area contributed by atoms with Gasteiger partial charge in [0.2, 0.25) is 0 Å². The van der Waals surface area contributed by atoms with Gasteiger partial charge in [0.1, 0.15) is 6.61 Å². The Hall–Kier alpha value is -0.620. The third kappa shape index (κ3) is 6.79. The number of aliphatic hydroxyl groups is 1. The molecule has 0 heterocycles. The smallest absolute Gasteiger partial charge is 0.330 e. The minimum Gasteiger partial charge on any atom is -0.391 e. The number of hydrogen-bond donors (Lipinski definition) is 1. The molecule has 6 heteroatoms. The highest BCUT2D eigenvalue weighted by atomic mass is 19.3. The molecule has 16 heavy (non-hydrogen) atoms. The van der Waals surface area contributed by atoms with Crippen molar-refractivity contribution < 1.29 is 27.4 Å². The SMILES string of the molecule is C=C(C)CCC(O)COCC(F)(F)C(F)F. The monoisotopic (exact) mass is 244 g/mol. The fourth-order valence-electron chi connectivity index (χ4n) is 0.890. The van der Waals surface area contributed by atoms with Gasteiger partial charge in [0.05, 0.1) is 12.7 Å². The highest BCUT2D eigenvalue weighted by molar-refractivity contribution is 4.88. The van der Waals surface area contributed by atoms with Crippen LogP contribution in [0.25, 0.3) is 0 Å². The molecule has 0 bridgehead atoms. The highest BCUT2D eigenvalue weighted by Gasteiger charge is 2.41. The van der Waals surface area contributed by atoms with Crippen molar-refractivity contribution in [2.24, 2.45) is 0 Å². The zero-order valence-electron chi connectivity index (χ0n) is 9.06. The second-order valence-electron chi connectivity index (χ2n) is 3.73. The summed E-state index contributed by atoms with van der Waals surface area (Å²) >= 11 is 0. The predicted molar refractivity (Wildman–Crippen MR) is 51.8 cm³/mol. The molecule has 1 atom stereocenters. The highest BCUT2D eigenvalue weighted by Crippen LogP contribution is 2.22. The van der Waals surface area contributed by atoms with Crippen molar-refractivity contribution in [1.29, 1.82) is 0 Å². The van der Waals surface area contributed by atoms with Gasteiger partial charge in [0, 0.05) is 0 Å². The number of hydrogen-bond acceptors (Lipinski definition) is 2. The van der Waals surface area contributed by atoms with E-state index in [0.717, 1.165) is 5.57 Å². The molecule has 0 saturated carbocycles. The van der Waals surface area contributed by atoms with Crippen LogP contribution in [0.4, 0.5) is 17.6 Å². The summed E-state index contributed by atoms with van der Waals surface area (Å²) in [6.45, 7) is 3.60. The zero-order chi connectivity index (χ0) is 12.8. The summed E-state index contributed by atoms with van der Waals surface area (Å²) in [5.41, 5.74) is 0.844. The van der Waals surface area contributed by atoms with E-state index in [1.165, 1.54) is 0 Å². The Morgan fingerprint density at radius 2 is 2.00 bits per heavy atom. The maximum absolute atomic E-state index is 12.3. The summed E-state index contributed by atoms with van der Waals surface area (Å²) < 4.78 is 52.4.